The van der Waals surface area contributed by atoms with Crippen molar-refractivity contribution < 1.29 is 9.90 Å². The summed E-state index contributed by atoms with van der Waals surface area (Å²) < 4.78 is 0. The summed E-state index contributed by atoms with van der Waals surface area (Å²) in [4.78, 5) is 11.6. The quantitative estimate of drug-likeness (QED) is 0.554. The maximum Gasteiger partial charge on any atom is 0.303 e. The molecular weight excluding hydrogens is 332 g/mol. The van der Waals surface area contributed by atoms with Crippen molar-refractivity contribution in [3.8, 4) is 0 Å². The van der Waals surface area contributed by atoms with Gasteiger partial charge in [0.1, 0.15) is 0 Å². The Balaban J connectivity index is 2.21. The summed E-state index contributed by atoms with van der Waals surface area (Å²) in [7, 11) is 0. The Hall–Kier alpha value is -2.87. The van der Waals surface area contributed by atoms with E-state index in [-0.39, 0.29) is 18.3 Å². The molecule has 0 aliphatic rings. The zero-order valence-corrected chi connectivity index (χ0v) is 15.9. The number of rotatable bonds is 7. The van der Waals surface area contributed by atoms with Gasteiger partial charge in [-0.15, -0.1) is 0 Å². The van der Waals surface area contributed by atoms with Crippen molar-refractivity contribution in [1.82, 2.24) is 0 Å². The van der Waals surface area contributed by atoms with E-state index in [0.29, 0.717) is 0 Å². The molecule has 1 atom stereocenters. The summed E-state index contributed by atoms with van der Waals surface area (Å²) in [5.41, 5.74) is 3.15. The lowest BCUT2D eigenvalue weighted by Gasteiger charge is -2.40. The van der Waals surface area contributed by atoms with Crippen LogP contribution in [0.15, 0.2) is 91.0 Å². The van der Waals surface area contributed by atoms with Crippen LogP contribution in [0.5, 0.6) is 0 Å². The fraction of sp³-hybridized carbons (Fsp3) is 0.240. The van der Waals surface area contributed by atoms with Crippen LogP contribution < -0.4 is 0 Å². The van der Waals surface area contributed by atoms with Gasteiger partial charge >= 0.3 is 5.97 Å². The van der Waals surface area contributed by atoms with Crippen molar-refractivity contribution >= 4 is 5.97 Å². The largest absolute Gasteiger partial charge is 0.481 e. The minimum atomic E-state index is -0.763. The van der Waals surface area contributed by atoms with Crippen LogP contribution in [0.4, 0.5) is 0 Å². The van der Waals surface area contributed by atoms with Crippen molar-refractivity contribution in [3.63, 3.8) is 0 Å². The van der Waals surface area contributed by atoms with Crippen LogP contribution in [0, 0.1) is 5.41 Å². The van der Waals surface area contributed by atoms with Crippen LogP contribution in [-0.2, 0) is 4.79 Å². The van der Waals surface area contributed by atoms with Crippen LogP contribution in [0.25, 0.3) is 0 Å². The second-order valence-corrected chi connectivity index (χ2v) is 7.75. The van der Waals surface area contributed by atoms with E-state index in [4.69, 9.17) is 0 Å². The Morgan fingerprint density at radius 1 is 0.741 bits per heavy atom. The number of hydrogen-bond donors (Lipinski definition) is 1. The van der Waals surface area contributed by atoms with Crippen LogP contribution >= 0.6 is 0 Å². The SMILES string of the molecule is CC(C)(CC(=O)O)C(c1ccccc1)C(c1ccccc1)c1ccccc1. The van der Waals surface area contributed by atoms with Gasteiger partial charge in [-0.3, -0.25) is 4.79 Å². The minimum absolute atomic E-state index is 0.0274. The van der Waals surface area contributed by atoms with Gasteiger partial charge in [-0.25, -0.2) is 0 Å². The molecule has 0 heterocycles. The van der Waals surface area contributed by atoms with Gasteiger partial charge in [-0.2, -0.15) is 0 Å². The zero-order valence-electron chi connectivity index (χ0n) is 15.9. The Morgan fingerprint density at radius 2 is 1.11 bits per heavy atom. The highest BCUT2D eigenvalue weighted by atomic mass is 16.4. The average molecular weight is 358 g/mol. The number of carbonyl (C=O) groups is 1. The fourth-order valence-corrected chi connectivity index (χ4v) is 4.15. The monoisotopic (exact) mass is 358 g/mol. The molecule has 0 amide bonds. The maximum absolute atomic E-state index is 11.6. The second-order valence-electron chi connectivity index (χ2n) is 7.75. The van der Waals surface area contributed by atoms with Gasteiger partial charge in [0, 0.05) is 11.8 Å². The molecule has 2 nitrogen and oxygen atoms in total. The first-order valence-corrected chi connectivity index (χ1v) is 9.35. The maximum atomic E-state index is 11.6. The number of hydrogen-bond acceptors (Lipinski definition) is 1. The molecule has 0 saturated heterocycles. The molecule has 3 rings (SSSR count). The number of carboxylic acids is 1. The van der Waals surface area contributed by atoms with Gasteiger partial charge < -0.3 is 5.11 Å². The molecule has 0 fully saturated rings. The van der Waals surface area contributed by atoms with E-state index < -0.39 is 11.4 Å². The Kier molecular flexibility index (Phi) is 5.75. The summed E-state index contributed by atoms with van der Waals surface area (Å²) in [6.07, 6.45) is 0.114. The molecule has 0 bridgehead atoms. The van der Waals surface area contributed by atoms with Crippen LogP contribution in [-0.4, -0.2) is 11.1 Å². The lowest BCUT2D eigenvalue weighted by atomic mass is 9.63. The molecule has 0 aliphatic carbocycles. The average Bonchev–Trinajstić information content (AvgIpc) is 2.67. The molecule has 0 aliphatic heterocycles. The first-order valence-electron chi connectivity index (χ1n) is 9.35. The smallest absolute Gasteiger partial charge is 0.303 e. The number of benzene rings is 3. The molecule has 0 spiro atoms. The number of aliphatic carboxylic acids is 1. The van der Waals surface area contributed by atoms with E-state index in [1.54, 1.807) is 0 Å². The van der Waals surface area contributed by atoms with Gasteiger partial charge in [0.2, 0.25) is 0 Å². The van der Waals surface area contributed by atoms with E-state index in [0.717, 1.165) is 0 Å². The predicted molar refractivity (Wildman–Crippen MR) is 110 cm³/mol. The molecule has 27 heavy (non-hydrogen) atoms. The Morgan fingerprint density at radius 3 is 1.48 bits per heavy atom. The molecule has 3 aromatic rings. The molecule has 2 heteroatoms. The summed E-state index contributed by atoms with van der Waals surface area (Å²) in [5.74, 6) is -0.662. The molecule has 1 N–H and O–H groups in total. The Labute approximate surface area is 161 Å². The lowest BCUT2D eigenvalue weighted by Crippen LogP contribution is -2.30. The normalized spacial score (nSPS) is 12.7. The molecular formula is C25H26O2. The third-order valence-corrected chi connectivity index (χ3v) is 5.26. The van der Waals surface area contributed by atoms with Crippen molar-refractivity contribution in [3.05, 3.63) is 108 Å². The van der Waals surface area contributed by atoms with E-state index in [1.807, 2.05) is 30.3 Å². The molecule has 3 aromatic carbocycles. The summed E-state index contributed by atoms with van der Waals surface area (Å²) >= 11 is 0. The van der Waals surface area contributed by atoms with E-state index in [9.17, 15) is 9.90 Å². The summed E-state index contributed by atoms with van der Waals surface area (Å²) in [6, 6.07) is 31.1. The van der Waals surface area contributed by atoms with E-state index in [1.165, 1.54) is 16.7 Å². The third-order valence-electron chi connectivity index (χ3n) is 5.26. The van der Waals surface area contributed by atoms with Crippen molar-refractivity contribution in [2.24, 2.45) is 5.41 Å². The first kappa shape index (κ1) is 18.9. The Bertz CT molecular complexity index is 815. The van der Waals surface area contributed by atoms with Gasteiger partial charge in [-0.05, 0) is 22.1 Å². The van der Waals surface area contributed by atoms with Gasteiger partial charge in [0.15, 0.2) is 0 Å². The van der Waals surface area contributed by atoms with Crippen molar-refractivity contribution in [2.45, 2.75) is 32.1 Å². The van der Waals surface area contributed by atoms with E-state index in [2.05, 4.69) is 74.5 Å². The third kappa shape index (κ3) is 4.46. The first-order chi connectivity index (χ1) is 13.0. The minimum Gasteiger partial charge on any atom is -0.481 e. The van der Waals surface area contributed by atoms with Crippen LogP contribution in [0.2, 0.25) is 0 Å². The van der Waals surface area contributed by atoms with Crippen molar-refractivity contribution in [2.75, 3.05) is 0 Å². The predicted octanol–water partition coefficient (Wildman–Crippen LogP) is 6.10. The molecule has 0 radical (unpaired) electrons. The fourth-order valence-electron chi connectivity index (χ4n) is 4.15. The van der Waals surface area contributed by atoms with Gasteiger partial charge in [0.25, 0.3) is 0 Å². The highest BCUT2D eigenvalue weighted by Crippen LogP contribution is 2.50. The highest BCUT2D eigenvalue weighted by molar-refractivity contribution is 5.68. The summed E-state index contributed by atoms with van der Waals surface area (Å²) in [6.45, 7) is 4.13. The van der Waals surface area contributed by atoms with Gasteiger partial charge in [0.05, 0.1) is 6.42 Å². The van der Waals surface area contributed by atoms with E-state index >= 15 is 0 Å². The highest BCUT2D eigenvalue weighted by Gasteiger charge is 2.39. The lowest BCUT2D eigenvalue weighted by molar-refractivity contribution is -0.139. The standard InChI is InChI=1S/C25H26O2/c1-25(2,18-22(26)27)24(21-16-10-5-11-17-21)23(19-12-6-3-7-13-19)20-14-8-4-9-15-20/h3-17,23-24H,18H2,1-2H3,(H,26,27). The molecule has 0 saturated carbocycles. The second kappa shape index (κ2) is 8.22. The molecule has 0 aromatic heterocycles. The van der Waals surface area contributed by atoms with Crippen LogP contribution in [0.3, 0.4) is 0 Å². The molecule has 138 valence electrons. The molecule has 1 unspecified atom stereocenters. The number of carboxylic acid groups (broad SMARTS) is 1. The van der Waals surface area contributed by atoms with Gasteiger partial charge in [-0.1, -0.05) is 105 Å². The summed E-state index contributed by atoms with van der Waals surface area (Å²) in [5, 5.41) is 9.57. The topological polar surface area (TPSA) is 37.3 Å². The van der Waals surface area contributed by atoms with Crippen LogP contribution in [0.1, 0.15) is 48.8 Å². The zero-order chi connectivity index (χ0) is 19.3. The van der Waals surface area contributed by atoms with Crippen molar-refractivity contribution in [1.29, 1.82) is 0 Å².